The van der Waals surface area contributed by atoms with Crippen molar-refractivity contribution in [3.63, 3.8) is 0 Å². The first-order valence-corrected chi connectivity index (χ1v) is 8.76. The minimum atomic E-state index is -4.49. The number of rotatable bonds is 4. The first-order valence-electron chi connectivity index (χ1n) is 6.84. The minimum absolute atomic E-state index is 0.0264. The maximum absolute atomic E-state index is 12.5. The second kappa shape index (κ2) is 8.99. The number of ether oxygens (including phenoxy) is 1. The third-order valence-corrected chi connectivity index (χ3v) is 3.68. The zero-order valence-electron chi connectivity index (χ0n) is 13.5. The highest BCUT2D eigenvalue weighted by atomic mass is 35.5. The van der Waals surface area contributed by atoms with Crippen LogP contribution in [-0.4, -0.2) is 20.4 Å². The van der Waals surface area contributed by atoms with Gasteiger partial charge in [0.15, 0.2) is 0 Å². The Morgan fingerprint density at radius 3 is 2.07 bits per heavy atom. The number of nitrogens with two attached hydrogens (primary N) is 1. The second-order valence-corrected chi connectivity index (χ2v) is 6.65. The van der Waals surface area contributed by atoms with Crippen LogP contribution >= 0.6 is 11.6 Å². The lowest BCUT2D eigenvalue weighted by atomic mass is 10.2. The molecule has 0 fully saturated rings. The lowest BCUT2D eigenvalue weighted by molar-refractivity contribution is -0.384. The summed E-state index contributed by atoms with van der Waals surface area (Å²) in [5, 5.41) is 14.7. The Morgan fingerprint density at radius 2 is 1.70 bits per heavy atom. The van der Waals surface area contributed by atoms with Crippen LogP contribution in [0.2, 0.25) is 5.02 Å². The number of hydrogen-bond donors (Lipinski definition) is 2. The topological polar surface area (TPSA) is 125 Å². The normalized spacial score (nSPS) is 11.3. The van der Waals surface area contributed by atoms with Crippen molar-refractivity contribution in [3.8, 4) is 11.5 Å². The minimum Gasteiger partial charge on any atom is -0.456 e. The van der Waals surface area contributed by atoms with Crippen LogP contribution in [0.4, 0.5) is 18.9 Å². The Labute approximate surface area is 157 Å². The lowest BCUT2D eigenvalue weighted by Gasteiger charge is -2.11. The number of non-ortho nitro benzene ring substituents is 1. The van der Waals surface area contributed by atoms with Gasteiger partial charge in [0.25, 0.3) is 15.9 Å². The van der Waals surface area contributed by atoms with E-state index in [0.717, 1.165) is 18.2 Å². The van der Waals surface area contributed by atoms with E-state index in [1.807, 2.05) is 4.72 Å². The number of alkyl halides is 3. The van der Waals surface area contributed by atoms with Crippen LogP contribution in [0.3, 0.4) is 0 Å². The molecule has 0 atom stereocenters. The summed E-state index contributed by atoms with van der Waals surface area (Å²) in [6.07, 6.45) is -4.49. The van der Waals surface area contributed by atoms with Crippen molar-refractivity contribution in [2.45, 2.75) is 6.18 Å². The maximum Gasteiger partial charge on any atom is 0.416 e. The molecule has 2 rings (SSSR count). The molecule has 27 heavy (non-hydrogen) atoms. The molecule has 3 N–H and O–H groups in total. The van der Waals surface area contributed by atoms with Gasteiger partial charge in [-0.15, -0.1) is 0 Å². The van der Waals surface area contributed by atoms with Gasteiger partial charge in [-0.3, -0.25) is 10.1 Å². The quantitative estimate of drug-likeness (QED) is 0.571. The van der Waals surface area contributed by atoms with Gasteiger partial charge < -0.3 is 4.74 Å². The van der Waals surface area contributed by atoms with Crippen molar-refractivity contribution in [3.05, 3.63) is 63.2 Å². The number of benzene rings is 2. The van der Waals surface area contributed by atoms with Crippen molar-refractivity contribution < 1.29 is 31.2 Å². The van der Waals surface area contributed by atoms with Gasteiger partial charge in [0.1, 0.15) is 11.5 Å². The molecular weight excluding hydrogens is 415 g/mol. The average Bonchev–Trinajstić information content (AvgIpc) is 2.56. The molecule has 2 aromatic carbocycles. The van der Waals surface area contributed by atoms with Crippen molar-refractivity contribution in [1.82, 2.24) is 4.72 Å². The van der Waals surface area contributed by atoms with Gasteiger partial charge in [-0.05, 0) is 30.3 Å². The van der Waals surface area contributed by atoms with Gasteiger partial charge in [0.05, 0.1) is 15.5 Å². The molecule has 0 saturated carbocycles. The van der Waals surface area contributed by atoms with E-state index >= 15 is 0 Å². The summed E-state index contributed by atoms with van der Waals surface area (Å²) in [6, 6.07) is 7.76. The van der Waals surface area contributed by atoms with Crippen LogP contribution in [-0.2, 0) is 16.4 Å². The van der Waals surface area contributed by atoms with Gasteiger partial charge in [0, 0.05) is 19.2 Å². The van der Waals surface area contributed by atoms with E-state index < -0.39 is 26.9 Å². The Hall–Kier alpha value is -2.41. The summed E-state index contributed by atoms with van der Waals surface area (Å²) in [5.74, 6) is 0.251. The van der Waals surface area contributed by atoms with Crippen LogP contribution in [0, 0.1) is 10.1 Å². The molecular formula is C14H13ClF3N3O5S. The lowest BCUT2D eigenvalue weighted by Crippen LogP contribution is -2.26. The molecule has 0 saturated heterocycles. The summed E-state index contributed by atoms with van der Waals surface area (Å²) < 4.78 is 63.9. The molecule has 0 radical (unpaired) electrons. The molecule has 0 spiro atoms. The van der Waals surface area contributed by atoms with Gasteiger partial charge in [-0.2, -0.15) is 21.6 Å². The van der Waals surface area contributed by atoms with Crippen LogP contribution < -0.4 is 14.6 Å². The summed E-state index contributed by atoms with van der Waals surface area (Å²) >= 11 is 5.73. The molecule has 0 aliphatic rings. The smallest absolute Gasteiger partial charge is 0.416 e. The van der Waals surface area contributed by atoms with Crippen LogP contribution in [0.5, 0.6) is 11.5 Å². The third kappa shape index (κ3) is 7.78. The molecule has 0 amide bonds. The van der Waals surface area contributed by atoms with Gasteiger partial charge >= 0.3 is 6.18 Å². The van der Waals surface area contributed by atoms with Crippen LogP contribution in [0.15, 0.2) is 42.5 Å². The predicted molar refractivity (Wildman–Crippen MR) is 91.8 cm³/mol. The molecule has 0 aliphatic heterocycles. The highest BCUT2D eigenvalue weighted by Crippen LogP contribution is 2.36. The molecule has 2 aromatic rings. The number of nitro groups is 1. The Kier molecular flexibility index (Phi) is 7.54. The number of nitrogens with one attached hydrogen (secondary N) is 1. The molecule has 0 heterocycles. The largest absolute Gasteiger partial charge is 0.456 e. The molecule has 0 aliphatic carbocycles. The fourth-order valence-electron chi connectivity index (χ4n) is 1.52. The van der Waals surface area contributed by atoms with Crippen molar-refractivity contribution in [2.75, 3.05) is 7.05 Å². The van der Waals surface area contributed by atoms with E-state index in [-0.39, 0.29) is 22.2 Å². The molecule has 0 bridgehead atoms. The van der Waals surface area contributed by atoms with E-state index in [1.54, 1.807) is 0 Å². The summed E-state index contributed by atoms with van der Waals surface area (Å²) in [6.45, 7) is 0. The van der Waals surface area contributed by atoms with Crippen molar-refractivity contribution in [1.29, 1.82) is 0 Å². The Morgan fingerprint density at radius 1 is 1.19 bits per heavy atom. The summed E-state index contributed by atoms with van der Waals surface area (Å²) in [4.78, 5) is 9.92. The van der Waals surface area contributed by atoms with Crippen LogP contribution in [0.1, 0.15) is 5.56 Å². The Balaban J connectivity index is 0.000000527. The molecule has 13 heteroatoms. The fourth-order valence-corrected chi connectivity index (χ4v) is 1.74. The van der Waals surface area contributed by atoms with Gasteiger partial charge in [-0.25, -0.2) is 9.86 Å². The van der Waals surface area contributed by atoms with Crippen molar-refractivity contribution in [2.24, 2.45) is 5.14 Å². The predicted octanol–water partition coefficient (Wildman–Crippen LogP) is 3.47. The molecule has 0 aromatic heterocycles. The average molecular weight is 428 g/mol. The summed E-state index contributed by atoms with van der Waals surface area (Å²) in [5.41, 5.74) is -1.01. The first kappa shape index (κ1) is 22.6. The zero-order chi connectivity index (χ0) is 20.8. The fraction of sp³-hybridized carbons (Fsp3) is 0.143. The Bertz CT molecular complexity index is 905. The highest BCUT2D eigenvalue weighted by molar-refractivity contribution is 7.87. The van der Waals surface area contributed by atoms with E-state index in [9.17, 15) is 31.7 Å². The van der Waals surface area contributed by atoms with Crippen LogP contribution in [0.25, 0.3) is 0 Å². The summed E-state index contributed by atoms with van der Waals surface area (Å²) in [7, 11) is -2.17. The number of nitrogens with zero attached hydrogens (tertiary/aromatic N) is 1. The second-order valence-electron chi connectivity index (χ2n) is 4.75. The third-order valence-electron chi connectivity index (χ3n) is 2.82. The first-order chi connectivity index (χ1) is 12.3. The standard InChI is InChI=1S/C13H7ClF3NO3.CH6N2O2S/c14-11-7-8(13(15,16)17)1-6-12(11)21-10-4-2-9(3-5-10)18(19)20;1-3-6(2,4)5/h1-7H;3H,1H3,(H2,2,4,5). The van der Waals surface area contributed by atoms with Gasteiger partial charge in [-0.1, -0.05) is 11.6 Å². The molecule has 8 nitrogen and oxygen atoms in total. The van der Waals surface area contributed by atoms with Crippen molar-refractivity contribution >= 4 is 27.5 Å². The SMILES string of the molecule is CNS(N)(=O)=O.O=[N+]([O-])c1ccc(Oc2ccc(C(F)(F)F)cc2Cl)cc1. The zero-order valence-corrected chi connectivity index (χ0v) is 15.1. The van der Waals surface area contributed by atoms with E-state index in [1.165, 1.54) is 31.3 Å². The van der Waals surface area contributed by atoms with E-state index in [0.29, 0.717) is 0 Å². The number of halogens is 4. The maximum atomic E-state index is 12.5. The molecule has 148 valence electrons. The molecule has 0 unspecified atom stereocenters. The monoisotopic (exact) mass is 427 g/mol. The van der Waals surface area contributed by atoms with Gasteiger partial charge in [0.2, 0.25) is 0 Å². The number of nitro benzene ring substituents is 1. The highest BCUT2D eigenvalue weighted by Gasteiger charge is 2.31. The number of hydrogen-bond acceptors (Lipinski definition) is 5. The van der Waals surface area contributed by atoms with E-state index in [4.69, 9.17) is 16.3 Å². The van der Waals surface area contributed by atoms with E-state index in [2.05, 4.69) is 5.14 Å².